The Bertz CT molecular complexity index is 547. The molecule has 0 aliphatic carbocycles. The Morgan fingerprint density at radius 1 is 1.41 bits per heavy atom. The number of nitrogens with zero attached hydrogens (tertiary/aromatic N) is 2. The normalized spacial score (nSPS) is 12.2. The van der Waals surface area contributed by atoms with Crippen LogP contribution in [0, 0.1) is 0 Å². The zero-order valence-corrected chi connectivity index (χ0v) is 9.77. The molecular formula is C10H10F3N3S. The van der Waals surface area contributed by atoms with Crippen molar-refractivity contribution in [2.24, 2.45) is 0 Å². The smallest absolute Gasteiger partial charge is 0.381 e. The van der Waals surface area contributed by atoms with Crippen LogP contribution in [-0.4, -0.2) is 15.1 Å². The molecule has 2 aromatic rings. The van der Waals surface area contributed by atoms with E-state index in [0.717, 1.165) is 12.3 Å². The molecule has 2 aromatic heterocycles. The van der Waals surface area contributed by atoms with E-state index < -0.39 is 11.7 Å². The van der Waals surface area contributed by atoms with Crippen molar-refractivity contribution in [3.05, 3.63) is 23.9 Å². The zero-order chi connectivity index (χ0) is 12.6. The second kappa shape index (κ2) is 4.14. The van der Waals surface area contributed by atoms with Crippen LogP contribution < -0.4 is 5.73 Å². The number of hydrogen-bond acceptors (Lipinski definition) is 3. The van der Waals surface area contributed by atoms with Gasteiger partial charge in [-0.15, -0.1) is 11.8 Å². The van der Waals surface area contributed by atoms with E-state index in [1.807, 2.05) is 6.92 Å². The summed E-state index contributed by atoms with van der Waals surface area (Å²) in [5.74, 6) is 0.977. The summed E-state index contributed by atoms with van der Waals surface area (Å²) >= 11 is 1.37. The van der Waals surface area contributed by atoms with Gasteiger partial charge in [0, 0.05) is 6.20 Å². The van der Waals surface area contributed by atoms with Crippen LogP contribution in [-0.2, 0) is 6.18 Å². The lowest BCUT2D eigenvalue weighted by Gasteiger charge is -2.07. The number of thioether (sulfide) groups is 1. The largest absolute Gasteiger partial charge is 0.417 e. The molecule has 0 atom stereocenters. The molecule has 7 heteroatoms. The molecule has 0 aromatic carbocycles. The highest BCUT2D eigenvalue weighted by Crippen LogP contribution is 2.32. The summed E-state index contributed by atoms with van der Waals surface area (Å²) < 4.78 is 39.1. The summed E-state index contributed by atoms with van der Waals surface area (Å²) in [6, 6.07) is 2.32. The van der Waals surface area contributed by atoms with Gasteiger partial charge in [0.1, 0.15) is 10.7 Å². The van der Waals surface area contributed by atoms with Gasteiger partial charge in [-0.1, -0.05) is 6.92 Å². The van der Waals surface area contributed by atoms with Crippen molar-refractivity contribution in [2.75, 3.05) is 11.5 Å². The maximum atomic E-state index is 12.6. The number of hydrogen-bond donors (Lipinski definition) is 1. The quantitative estimate of drug-likeness (QED) is 0.845. The first-order valence-corrected chi connectivity index (χ1v) is 5.89. The minimum atomic E-state index is -4.36. The second-order valence-electron chi connectivity index (χ2n) is 3.38. The third-order valence-corrected chi connectivity index (χ3v) is 3.18. The van der Waals surface area contributed by atoms with E-state index in [0.29, 0.717) is 16.4 Å². The summed E-state index contributed by atoms with van der Waals surface area (Å²) in [5, 5.41) is 0.550. The first-order valence-electron chi connectivity index (χ1n) is 4.91. The van der Waals surface area contributed by atoms with Crippen LogP contribution in [0.5, 0.6) is 0 Å². The molecule has 2 heterocycles. The van der Waals surface area contributed by atoms with Gasteiger partial charge in [0.25, 0.3) is 0 Å². The Balaban J connectivity index is 2.62. The predicted molar refractivity (Wildman–Crippen MR) is 61.0 cm³/mol. The molecule has 0 aliphatic rings. The van der Waals surface area contributed by atoms with Crippen LogP contribution in [0.15, 0.2) is 23.4 Å². The number of nitrogen functional groups attached to an aromatic ring is 1. The lowest BCUT2D eigenvalue weighted by Crippen LogP contribution is -2.06. The van der Waals surface area contributed by atoms with Gasteiger partial charge >= 0.3 is 6.18 Å². The average molecular weight is 261 g/mol. The number of anilines is 1. The van der Waals surface area contributed by atoms with Gasteiger partial charge in [-0.05, 0) is 17.9 Å². The van der Waals surface area contributed by atoms with Crippen molar-refractivity contribution in [3.63, 3.8) is 0 Å². The maximum Gasteiger partial charge on any atom is 0.417 e. The lowest BCUT2D eigenvalue weighted by atomic mass is 10.3. The SMILES string of the molecule is CCSc1c(N)nc2ccc(C(F)(F)F)cn12. The molecule has 0 radical (unpaired) electrons. The number of rotatable bonds is 2. The van der Waals surface area contributed by atoms with E-state index in [-0.39, 0.29) is 5.82 Å². The number of pyridine rings is 1. The number of fused-ring (bicyclic) bond motifs is 1. The highest BCUT2D eigenvalue weighted by molar-refractivity contribution is 7.99. The first-order chi connectivity index (χ1) is 7.93. The molecule has 2 rings (SSSR count). The molecule has 17 heavy (non-hydrogen) atoms. The Kier molecular flexibility index (Phi) is 2.94. The third kappa shape index (κ3) is 2.19. The topological polar surface area (TPSA) is 43.3 Å². The Hall–Kier alpha value is -1.37. The van der Waals surface area contributed by atoms with Gasteiger partial charge in [-0.3, -0.25) is 4.40 Å². The minimum Gasteiger partial charge on any atom is -0.381 e. The number of halogens is 3. The standard InChI is InChI=1S/C10H10F3N3S/c1-2-17-9-8(14)15-7-4-3-6(5-16(7)9)10(11,12)13/h3-5H,2,14H2,1H3. The van der Waals surface area contributed by atoms with Gasteiger partial charge in [0.15, 0.2) is 5.82 Å². The summed E-state index contributed by atoms with van der Waals surface area (Å²) in [6.07, 6.45) is -3.34. The summed E-state index contributed by atoms with van der Waals surface area (Å²) in [5.41, 5.74) is 5.38. The van der Waals surface area contributed by atoms with Gasteiger partial charge in [-0.25, -0.2) is 4.98 Å². The average Bonchev–Trinajstić information content (AvgIpc) is 2.54. The van der Waals surface area contributed by atoms with E-state index in [1.165, 1.54) is 22.2 Å². The Morgan fingerprint density at radius 3 is 2.71 bits per heavy atom. The number of aromatic nitrogens is 2. The molecule has 0 fully saturated rings. The molecule has 0 aliphatic heterocycles. The third-order valence-electron chi connectivity index (χ3n) is 2.21. The van der Waals surface area contributed by atoms with Crippen LogP contribution >= 0.6 is 11.8 Å². The minimum absolute atomic E-state index is 0.260. The number of alkyl halides is 3. The van der Waals surface area contributed by atoms with Crippen LogP contribution in [0.25, 0.3) is 5.65 Å². The van der Waals surface area contributed by atoms with Crippen LogP contribution in [0.4, 0.5) is 19.0 Å². The van der Waals surface area contributed by atoms with E-state index in [4.69, 9.17) is 5.73 Å². The first kappa shape index (κ1) is 12.1. The van der Waals surface area contributed by atoms with Crippen LogP contribution in [0.3, 0.4) is 0 Å². The molecule has 0 saturated heterocycles. The van der Waals surface area contributed by atoms with E-state index in [2.05, 4.69) is 4.98 Å². The van der Waals surface area contributed by atoms with Crippen molar-refractivity contribution in [1.82, 2.24) is 9.38 Å². The molecule has 2 N–H and O–H groups in total. The van der Waals surface area contributed by atoms with Gasteiger partial charge in [0.2, 0.25) is 0 Å². The van der Waals surface area contributed by atoms with Gasteiger partial charge in [-0.2, -0.15) is 13.2 Å². The summed E-state index contributed by atoms with van der Waals surface area (Å²) in [7, 11) is 0. The van der Waals surface area contributed by atoms with E-state index in [1.54, 1.807) is 0 Å². The molecule has 0 amide bonds. The fraction of sp³-hybridized carbons (Fsp3) is 0.300. The summed E-state index contributed by atoms with van der Waals surface area (Å²) in [4.78, 5) is 4.01. The fourth-order valence-corrected chi connectivity index (χ4v) is 2.24. The van der Waals surface area contributed by atoms with Crippen molar-refractivity contribution >= 4 is 23.2 Å². The van der Waals surface area contributed by atoms with Crippen molar-refractivity contribution in [3.8, 4) is 0 Å². The van der Waals surface area contributed by atoms with Crippen molar-refractivity contribution in [1.29, 1.82) is 0 Å². The highest BCUT2D eigenvalue weighted by atomic mass is 32.2. The van der Waals surface area contributed by atoms with E-state index >= 15 is 0 Å². The van der Waals surface area contributed by atoms with E-state index in [9.17, 15) is 13.2 Å². The molecule has 0 bridgehead atoms. The van der Waals surface area contributed by atoms with Gasteiger partial charge < -0.3 is 5.73 Å². The van der Waals surface area contributed by atoms with Gasteiger partial charge in [0.05, 0.1) is 5.56 Å². The molecule has 92 valence electrons. The summed E-state index contributed by atoms with van der Waals surface area (Å²) in [6.45, 7) is 1.90. The monoisotopic (exact) mass is 261 g/mol. The predicted octanol–water partition coefficient (Wildman–Crippen LogP) is 3.05. The highest BCUT2D eigenvalue weighted by Gasteiger charge is 2.31. The Morgan fingerprint density at radius 2 is 2.12 bits per heavy atom. The molecule has 0 spiro atoms. The molecule has 0 saturated carbocycles. The second-order valence-corrected chi connectivity index (χ2v) is 4.63. The number of imidazole rings is 1. The van der Waals surface area contributed by atoms with Crippen molar-refractivity contribution < 1.29 is 13.2 Å². The molecule has 3 nitrogen and oxygen atoms in total. The lowest BCUT2D eigenvalue weighted by molar-refractivity contribution is -0.137. The number of nitrogens with two attached hydrogens (primary N) is 1. The van der Waals surface area contributed by atoms with Crippen LogP contribution in [0.1, 0.15) is 12.5 Å². The molecule has 0 unspecified atom stereocenters. The molecular weight excluding hydrogens is 251 g/mol. The maximum absolute atomic E-state index is 12.6. The Labute approximate surface area is 99.8 Å². The van der Waals surface area contributed by atoms with Crippen LogP contribution in [0.2, 0.25) is 0 Å². The fourth-order valence-electron chi connectivity index (χ4n) is 1.49. The van der Waals surface area contributed by atoms with Crippen molar-refractivity contribution in [2.45, 2.75) is 18.1 Å². The zero-order valence-electron chi connectivity index (χ0n) is 8.95.